The average molecular weight is 444 g/mol. The number of ether oxygens (including phenoxy) is 2. The molecule has 3 heterocycles. The lowest BCUT2D eigenvalue weighted by Gasteiger charge is -2.25. The molecule has 0 aromatic carbocycles. The Morgan fingerprint density at radius 2 is 2.06 bits per heavy atom. The van der Waals surface area contributed by atoms with E-state index in [1.807, 2.05) is 17.8 Å². The number of nitrogens with one attached hydrogen (secondary N) is 2. The van der Waals surface area contributed by atoms with E-state index in [4.69, 9.17) is 9.57 Å². The van der Waals surface area contributed by atoms with Crippen LogP contribution in [0, 0.1) is 0 Å². The zero-order valence-electron chi connectivity index (χ0n) is 18.6. The molecule has 32 heavy (non-hydrogen) atoms. The third kappa shape index (κ3) is 4.27. The second-order valence-electron chi connectivity index (χ2n) is 8.07. The smallest absolute Gasteiger partial charge is 0.344 e. The summed E-state index contributed by atoms with van der Waals surface area (Å²) < 4.78 is 11.4. The molecule has 1 aliphatic carbocycles. The van der Waals surface area contributed by atoms with Gasteiger partial charge in [-0.25, -0.2) is 19.3 Å². The molecule has 1 unspecified atom stereocenters. The molecule has 2 N–H and O–H groups in total. The van der Waals surface area contributed by atoms with Crippen molar-refractivity contribution in [3.8, 4) is 0 Å². The Morgan fingerprint density at radius 3 is 2.78 bits per heavy atom. The predicted octanol–water partition coefficient (Wildman–Crippen LogP) is 2.55. The van der Waals surface area contributed by atoms with Gasteiger partial charge >= 0.3 is 11.9 Å². The van der Waals surface area contributed by atoms with Crippen LogP contribution in [0.5, 0.6) is 0 Å². The molecule has 10 nitrogen and oxygen atoms in total. The standard InChI is InChI=1S/C22H29N5O5/c1-4-27-21-16(11-24-27)19(25-14-8-6-5-7-9-14)15(10-23-21)18-13(2)20(32-26-18)22(29)31-12-17(28)30-3/h10-11,14,20,26H,4-9,12H2,1-3H3,(H,23,25). The molecule has 1 aliphatic heterocycles. The number of esters is 2. The Balaban J connectivity index is 1.68. The average Bonchev–Trinajstić information content (AvgIpc) is 3.41. The summed E-state index contributed by atoms with van der Waals surface area (Å²) in [6.07, 6.45) is 8.52. The first kappa shape index (κ1) is 22.1. The second kappa shape index (κ2) is 9.56. The van der Waals surface area contributed by atoms with Crippen LogP contribution in [0.4, 0.5) is 5.69 Å². The van der Waals surface area contributed by atoms with Crippen LogP contribution < -0.4 is 10.8 Å². The maximum absolute atomic E-state index is 12.4. The molecular formula is C22H29N5O5. The van der Waals surface area contributed by atoms with Gasteiger partial charge in [0.2, 0.25) is 6.10 Å². The van der Waals surface area contributed by atoms with E-state index in [0.717, 1.165) is 41.7 Å². The maximum atomic E-state index is 12.4. The lowest BCUT2D eigenvalue weighted by Crippen LogP contribution is -2.28. The van der Waals surface area contributed by atoms with Gasteiger partial charge in [-0.2, -0.15) is 5.10 Å². The van der Waals surface area contributed by atoms with Crippen LogP contribution >= 0.6 is 0 Å². The quantitative estimate of drug-likeness (QED) is 0.623. The van der Waals surface area contributed by atoms with E-state index >= 15 is 0 Å². The molecule has 4 rings (SSSR count). The molecule has 172 valence electrons. The number of nitrogens with zero attached hydrogens (tertiary/aromatic N) is 3. The molecule has 2 aliphatic rings. The van der Waals surface area contributed by atoms with Crippen molar-refractivity contribution in [3.63, 3.8) is 0 Å². The number of fused-ring (bicyclic) bond motifs is 1. The summed E-state index contributed by atoms with van der Waals surface area (Å²) in [6.45, 7) is 4.08. The number of hydrogen-bond acceptors (Lipinski definition) is 9. The highest BCUT2D eigenvalue weighted by Crippen LogP contribution is 2.36. The van der Waals surface area contributed by atoms with Crippen molar-refractivity contribution in [2.75, 3.05) is 19.0 Å². The third-order valence-corrected chi connectivity index (χ3v) is 6.03. The predicted molar refractivity (Wildman–Crippen MR) is 117 cm³/mol. The SMILES string of the molecule is CCn1ncc2c(NC3CCCCC3)c(C3=C(C)C(C(=O)OCC(=O)OC)ON3)cnc21. The summed E-state index contributed by atoms with van der Waals surface area (Å²) in [7, 11) is 1.23. The second-order valence-corrected chi connectivity index (χ2v) is 8.07. The van der Waals surface area contributed by atoms with Crippen LogP contribution in [-0.2, 0) is 30.4 Å². The molecule has 1 atom stereocenters. The number of carbonyl (C=O) groups excluding carboxylic acids is 2. The fourth-order valence-corrected chi connectivity index (χ4v) is 4.23. The van der Waals surface area contributed by atoms with Gasteiger partial charge in [0.25, 0.3) is 0 Å². The number of methoxy groups -OCH3 is 1. The van der Waals surface area contributed by atoms with Crippen molar-refractivity contribution >= 4 is 34.4 Å². The molecule has 1 saturated carbocycles. The van der Waals surface area contributed by atoms with Crippen molar-refractivity contribution in [1.82, 2.24) is 20.2 Å². The number of hydroxylamine groups is 1. The lowest BCUT2D eigenvalue weighted by atomic mass is 9.94. The first-order valence-corrected chi connectivity index (χ1v) is 11.0. The molecule has 10 heteroatoms. The van der Waals surface area contributed by atoms with Gasteiger partial charge in [0.15, 0.2) is 12.3 Å². The fraction of sp³-hybridized carbons (Fsp3) is 0.545. The first-order valence-electron chi connectivity index (χ1n) is 11.0. The van der Waals surface area contributed by atoms with Gasteiger partial charge in [0.05, 0.1) is 30.1 Å². The minimum atomic E-state index is -0.966. The highest BCUT2D eigenvalue weighted by atomic mass is 16.7. The van der Waals surface area contributed by atoms with E-state index in [9.17, 15) is 9.59 Å². The Bertz CT molecular complexity index is 1040. The van der Waals surface area contributed by atoms with E-state index in [2.05, 4.69) is 25.6 Å². The Kier molecular flexibility index (Phi) is 6.59. The Labute approximate surface area is 186 Å². The number of pyridine rings is 1. The highest BCUT2D eigenvalue weighted by Gasteiger charge is 2.34. The number of aryl methyl sites for hydroxylation is 1. The minimum absolute atomic E-state index is 0.363. The molecule has 1 fully saturated rings. The molecule has 0 radical (unpaired) electrons. The summed E-state index contributed by atoms with van der Waals surface area (Å²) in [6, 6.07) is 0.363. The maximum Gasteiger partial charge on any atom is 0.344 e. The number of hydrogen-bond donors (Lipinski definition) is 2. The van der Waals surface area contributed by atoms with Crippen molar-refractivity contribution in [3.05, 3.63) is 23.5 Å². The van der Waals surface area contributed by atoms with E-state index in [1.54, 1.807) is 13.1 Å². The number of aromatic nitrogens is 3. The lowest BCUT2D eigenvalue weighted by molar-refractivity contribution is -0.164. The van der Waals surface area contributed by atoms with Crippen LogP contribution in [0.1, 0.15) is 51.5 Å². The zero-order chi connectivity index (χ0) is 22.7. The summed E-state index contributed by atoms with van der Waals surface area (Å²) in [5.41, 5.74) is 6.71. The summed E-state index contributed by atoms with van der Waals surface area (Å²) in [4.78, 5) is 33.9. The summed E-state index contributed by atoms with van der Waals surface area (Å²) in [5.74, 6) is -1.29. The normalized spacial score (nSPS) is 19.2. The van der Waals surface area contributed by atoms with E-state index in [1.165, 1.54) is 26.4 Å². The molecule has 0 saturated heterocycles. The van der Waals surface area contributed by atoms with Gasteiger partial charge < -0.3 is 14.8 Å². The monoisotopic (exact) mass is 443 g/mol. The highest BCUT2D eigenvalue weighted by molar-refractivity contribution is 5.97. The van der Waals surface area contributed by atoms with E-state index in [0.29, 0.717) is 17.3 Å². The van der Waals surface area contributed by atoms with Gasteiger partial charge in [-0.15, -0.1) is 0 Å². The van der Waals surface area contributed by atoms with Crippen LogP contribution in [0.3, 0.4) is 0 Å². The molecule has 0 amide bonds. The molecule has 2 aromatic rings. The topological polar surface area (TPSA) is 117 Å². The van der Waals surface area contributed by atoms with Crippen LogP contribution in [0.15, 0.2) is 18.0 Å². The third-order valence-electron chi connectivity index (χ3n) is 6.03. The van der Waals surface area contributed by atoms with Crippen molar-refractivity contribution in [2.45, 2.75) is 64.6 Å². The van der Waals surface area contributed by atoms with Crippen LogP contribution in [0.25, 0.3) is 16.7 Å². The Morgan fingerprint density at radius 1 is 1.28 bits per heavy atom. The van der Waals surface area contributed by atoms with Crippen LogP contribution in [-0.4, -0.2) is 52.6 Å². The number of carbonyl (C=O) groups is 2. The molecule has 2 aromatic heterocycles. The summed E-state index contributed by atoms with van der Waals surface area (Å²) in [5, 5.41) is 9.12. The molecular weight excluding hydrogens is 414 g/mol. The molecule has 0 spiro atoms. The van der Waals surface area contributed by atoms with Gasteiger partial charge in [0.1, 0.15) is 0 Å². The minimum Gasteiger partial charge on any atom is -0.466 e. The van der Waals surface area contributed by atoms with Crippen molar-refractivity contribution < 1.29 is 23.9 Å². The van der Waals surface area contributed by atoms with Gasteiger partial charge in [-0.3, -0.25) is 10.3 Å². The van der Waals surface area contributed by atoms with Gasteiger partial charge in [-0.1, -0.05) is 19.3 Å². The summed E-state index contributed by atoms with van der Waals surface area (Å²) >= 11 is 0. The van der Waals surface area contributed by atoms with Crippen molar-refractivity contribution in [1.29, 1.82) is 0 Å². The number of rotatable bonds is 7. The Hall–Kier alpha value is -3.14. The van der Waals surface area contributed by atoms with Crippen LogP contribution in [0.2, 0.25) is 0 Å². The largest absolute Gasteiger partial charge is 0.466 e. The van der Waals surface area contributed by atoms with Gasteiger partial charge in [-0.05, 0) is 32.3 Å². The van der Waals surface area contributed by atoms with E-state index < -0.39 is 24.6 Å². The first-order chi connectivity index (χ1) is 15.5. The van der Waals surface area contributed by atoms with Gasteiger partial charge in [0, 0.05) is 24.3 Å². The zero-order valence-corrected chi connectivity index (χ0v) is 18.6. The fourth-order valence-electron chi connectivity index (χ4n) is 4.23. The van der Waals surface area contributed by atoms with E-state index in [-0.39, 0.29) is 0 Å². The van der Waals surface area contributed by atoms with Crippen molar-refractivity contribution in [2.24, 2.45) is 0 Å². The number of anilines is 1. The molecule has 0 bridgehead atoms.